The Hall–Kier alpha value is -2.37. The van der Waals surface area contributed by atoms with Crippen LogP contribution in [0.25, 0.3) is 11.0 Å². The quantitative estimate of drug-likeness (QED) is 0.647. The van der Waals surface area contributed by atoms with Gasteiger partial charge in [0.2, 0.25) is 6.41 Å². The highest BCUT2D eigenvalue weighted by Crippen LogP contribution is 2.17. The summed E-state index contributed by atoms with van der Waals surface area (Å²) in [4.78, 5) is 28.3. The highest BCUT2D eigenvalue weighted by atomic mass is 16.4. The lowest BCUT2D eigenvalue weighted by molar-refractivity contribution is -0.140. The highest BCUT2D eigenvalue weighted by molar-refractivity contribution is 5.82. The number of carboxylic acids is 1. The van der Waals surface area contributed by atoms with Crippen molar-refractivity contribution in [3.05, 3.63) is 30.1 Å². The van der Waals surface area contributed by atoms with Gasteiger partial charge < -0.3 is 15.4 Å². The molecular weight excluding hydrogens is 222 g/mol. The van der Waals surface area contributed by atoms with E-state index >= 15 is 0 Å². The van der Waals surface area contributed by atoms with E-state index in [1.165, 1.54) is 0 Å². The number of fused-ring (bicyclic) bond motifs is 1. The number of aromatic nitrogens is 2. The molecule has 2 aromatic heterocycles. The maximum atomic E-state index is 10.9. The number of aromatic amines is 1. The number of hydrogen-bond acceptors (Lipinski definition) is 3. The van der Waals surface area contributed by atoms with E-state index in [1.807, 2.05) is 6.07 Å². The van der Waals surface area contributed by atoms with Crippen LogP contribution in [-0.2, 0) is 16.0 Å². The van der Waals surface area contributed by atoms with Crippen molar-refractivity contribution < 1.29 is 14.7 Å². The van der Waals surface area contributed by atoms with Gasteiger partial charge in [0.15, 0.2) is 0 Å². The minimum Gasteiger partial charge on any atom is -0.480 e. The molecule has 6 heteroatoms. The Morgan fingerprint density at radius 3 is 3.18 bits per heavy atom. The molecule has 0 aromatic carbocycles. The van der Waals surface area contributed by atoms with Gasteiger partial charge in [-0.15, -0.1) is 0 Å². The molecule has 0 aliphatic carbocycles. The van der Waals surface area contributed by atoms with Crippen molar-refractivity contribution in [2.24, 2.45) is 0 Å². The van der Waals surface area contributed by atoms with Crippen molar-refractivity contribution >= 4 is 23.4 Å². The maximum absolute atomic E-state index is 10.9. The molecule has 2 heterocycles. The SMILES string of the molecule is O=CNC(Cc1c[nH]c2ncccc12)C(=O)O. The molecule has 0 aliphatic heterocycles. The Balaban J connectivity index is 2.28. The van der Waals surface area contributed by atoms with Crippen LogP contribution < -0.4 is 5.32 Å². The van der Waals surface area contributed by atoms with E-state index in [4.69, 9.17) is 5.11 Å². The summed E-state index contributed by atoms with van der Waals surface area (Å²) < 4.78 is 0. The van der Waals surface area contributed by atoms with Crippen molar-refractivity contribution in [2.45, 2.75) is 12.5 Å². The van der Waals surface area contributed by atoms with Crippen LogP contribution in [0.5, 0.6) is 0 Å². The standard InChI is InChI=1S/C11H11N3O3/c15-6-14-9(11(16)17)4-7-5-13-10-8(7)2-1-3-12-10/h1-3,5-6,9H,4H2,(H,12,13)(H,14,15)(H,16,17). The molecule has 2 aromatic rings. The summed E-state index contributed by atoms with van der Waals surface area (Å²) in [6, 6.07) is 2.71. The van der Waals surface area contributed by atoms with Gasteiger partial charge in [0.05, 0.1) is 0 Å². The van der Waals surface area contributed by atoms with Crippen molar-refractivity contribution in [1.82, 2.24) is 15.3 Å². The molecule has 1 amide bonds. The van der Waals surface area contributed by atoms with Crippen LogP contribution in [0.4, 0.5) is 0 Å². The van der Waals surface area contributed by atoms with Gasteiger partial charge in [-0.3, -0.25) is 4.79 Å². The second kappa shape index (κ2) is 4.65. The molecular formula is C11H11N3O3. The summed E-state index contributed by atoms with van der Waals surface area (Å²) >= 11 is 0. The van der Waals surface area contributed by atoms with Gasteiger partial charge in [0, 0.05) is 24.2 Å². The fourth-order valence-corrected chi connectivity index (χ4v) is 1.70. The van der Waals surface area contributed by atoms with E-state index in [1.54, 1.807) is 18.5 Å². The zero-order valence-corrected chi connectivity index (χ0v) is 8.88. The molecule has 2 rings (SSSR count). The summed E-state index contributed by atoms with van der Waals surface area (Å²) in [5.74, 6) is -1.06. The van der Waals surface area contributed by atoms with Crippen LogP contribution in [0.3, 0.4) is 0 Å². The van der Waals surface area contributed by atoms with E-state index < -0.39 is 12.0 Å². The first-order valence-electron chi connectivity index (χ1n) is 5.06. The van der Waals surface area contributed by atoms with Gasteiger partial charge in [-0.05, 0) is 17.7 Å². The molecule has 88 valence electrons. The molecule has 1 unspecified atom stereocenters. The number of pyridine rings is 1. The Morgan fingerprint density at radius 2 is 2.47 bits per heavy atom. The number of aliphatic carboxylic acids is 1. The lowest BCUT2D eigenvalue weighted by Gasteiger charge is -2.09. The summed E-state index contributed by atoms with van der Waals surface area (Å²) in [5.41, 5.74) is 1.52. The van der Waals surface area contributed by atoms with E-state index in [0.29, 0.717) is 12.1 Å². The van der Waals surface area contributed by atoms with Gasteiger partial charge in [0.25, 0.3) is 0 Å². The minimum absolute atomic E-state index is 0.222. The van der Waals surface area contributed by atoms with Crippen LogP contribution >= 0.6 is 0 Å². The molecule has 3 N–H and O–H groups in total. The number of H-pyrrole nitrogens is 1. The minimum atomic E-state index is -1.06. The Morgan fingerprint density at radius 1 is 1.65 bits per heavy atom. The van der Waals surface area contributed by atoms with Gasteiger partial charge in [-0.2, -0.15) is 0 Å². The van der Waals surface area contributed by atoms with Gasteiger partial charge in [-0.25, -0.2) is 9.78 Å². The van der Waals surface area contributed by atoms with Crippen LogP contribution in [0.2, 0.25) is 0 Å². The van der Waals surface area contributed by atoms with Gasteiger partial charge in [-0.1, -0.05) is 0 Å². The molecule has 17 heavy (non-hydrogen) atoms. The second-order valence-electron chi connectivity index (χ2n) is 3.59. The number of amides is 1. The molecule has 1 atom stereocenters. The molecule has 0 aliphatic rings. The fourth-order valence-electron chi connectivity index (χ4n) is 1.70. The predicted molar refractivity (Wildman–Crippen MR) is 60.4 cm³/mol. The average Bonchev–Trinajstić information content (AvgIpc) is 2.72. The summed E-state index contributed by atoms with van der Waals surface area (Å²) in [5, 5.41) is 12.1. The number of nitrogens with zero attached hydrogens (tertiary/aromatic N) is 1. The van der Waals surface area contributed by atoms with Crippen LogP contribution in [-0.4, -0.2) is 33.5 Å². The van der Waals surface area contributed by atoms with E-state index in [-0.39, 0.29) is 6.42 Å². The number of carboxylic acid groups (broad SMARTS) is 1. The molecule has 0 radical (unpaired) electrons. The van der Waals surface area contributed by atoms with Gasteiger partial charge >= 0.3 is 5.97 Å². The first-order chi connectivity index (χ1) is 8.22. The number of nitrogens with one attached hydrogen (secondary N) is 2. The average molecular weight is 233 g/mol. The molecule has 0 spiro atoms. The fraction of sp³-hybridized carbons (Fsp3) is 0.182. The van der Waals surface area contributed by atoms with Crippen LogP contribution in [0.1, 0.15) is 5.56 Å². The summed E-state index contributed by atoms with van der Waals surface area (Å²) in [7, 11) is 0. The number of carbonyl (C=O) groups excluding carboxylic acids is 1. The topological polar surface area (TPSA) is 95.1 Å². The second-order valence-corrected chi connectivity index (χ2v) is 3.59. The van der Waals surface area contributed by atoms with Crippen LogP contribution in [0, 0.1) is 0 Å². The largest absolute Gasteiger partial charge is 0.480 e. The van der Waals surface area contributed by atoms with Crippen molar-refractivity contribution in [3.63, 3.8) is 0 Å². The molecule has 6 nitrogen and oxygen atoms in total. The lowest BCUT2D eigenvalue weighted by atomic mass is 10.1. The monoisotopic (exact) mass is 233 g/mol. The lowest BCUT2D eigenvalue weighted by Crippen LogP contribution is -2.37. The Labute approximate surface area is 96.7 Å². The van der Waals surface area contributed by atoms with Crippen molar-refractivity contribution in [1.29, 1.82) is 0 Å². The van der Waals surface area contributed by atoms with Gasteiger partial charge in [0.1, 0.15) is 11.7 Å². The van der Waals surface area contributed by atoms with Crippen LogP contribution in [0.15, 0.2) is 24.5 Å². The van der Waals surface area contributed by atoms with E-state index in [9.17, 15) is 9.59 Å². The number of carbonyl (C=O) groups is 2. The molecule has 0 saturated carbocycles. The van der Waals surface area contributed by atoms with Crippen molar-refractivity contribution in [3.8, 4) is 0 Å². The molecule has 0 fully saturated rings. The number of hydrogen-bond donors (Lipinski definition) is 3. The molecule has 0 bridgehead atoms. The molecule has 0 saturated heterocycles. The zero-order valence-electron chi connectivity index (χ0n) is 8.88. The third-order valence-corrected chi connectivity index (χ3v) is 2.53. The smallest absolute Gasteiger partial charge is 0.326 e. The maximum Gasteiger partial charge on any atom is 0.326 e. The Bertz CT molecular complexity index is 550. The summed E-state index contributed by atoms with van der Waals surface area (Å²) in [6.45, 7) is 0. The highest BCUT2D eigenvalue weighted by Gasteiger charge is 2.18. The first-order valence-corrected chi connectivity index (χ1v) is 5.06. The van der Waals surface area contributed by atoms with E-state index in [2.05, 4.69) is 15.3 Å². The normalized spacial score (nSPS) is 12.2. The zero-order chi connectivity index (χ0) is 12.3. The predicted octanol–water partition coefficient (Wildman–Crippen LogP) is 0.305. The first kappa shape index (κ1) is 11.1. The number of rotatable bonds is 5. The third-order valence-electron chi connectivity index (χ3n) is 2.53. The summed E-state index contributed by atoms with van der Waals surface area (Å²) in [6.07, 6.45) is 3.98. The van der Waals surface area contributed by atoms with Crippen molar-refractivity contribution in [2.75, 3.05) is 0 Å². The Kier molecular flexibility index (Phi) is 3.04. The van der Waals surface area contributed by atoms with E-state index in [0.717, 1.165) is 10.9 Å². The third kappa shape index (κ3) is 2.25.